The molecule has 0 unspecified atom stereocenters. The summed E-state index contributed by atoms with van der Waals surface area (Å²) in [6.07, 6.45) is 0. The number of tetrazole rings is 1. The van der Waals surface area contributed by atoms with Crippen LogP contribution >= 0.6 is 11.8 Å². The third-order valence-corrected chi connectivity index (χ3v) is 3.75. The molecule has 0 saturated carbocycles. The molecular weight excluding hydrogens is 274 g/mol. The third-order valence-electron chi connectivity index (χ3n) is 2.83. The molecule has 0 saturated heterocycles. The lowest BCUT2D eigenvalue weighted by Crippen LogP contribution is -2.20. The first-order valence-electron chi connectivity index (χ1n) is 6.52. The Bertz CT molecular complexity index is 557. The van der Waals surface area contributed by atoms with Crippen molar-refractivity contribution in [2.24, 2.45) is 0 Å². The van der Waals surface area contributed by atoms with Crippen LogP contribution in [0.15, 0.2) is 23.4 Å². The fourth-order valence-corrected chi connectivity index (χ4v) is 2.57. The number of nitrogens with one attached hydrogen (secondary N) is 1. The molecule has 6 nitrogen and oxygen atoms in total. The molecule has 1 aromatic carbocycles. The van der Waals surface area contributed by atoms with Crippen LogP contribution in [0.3, 0.4) is 0 Å². The van der Waals surface area contributed by atoms with Crippen molar-refractivity contribution < 1.29 is 5.11 Å². The van der Waals surface area contributed by atoms with Crippen LogP contribution in [-0.4, -0.2) is 50.8 Å². The van der Waals surface area contributed by atoms with E-state index in [1.54, 1.807) is 16.4 Å². The topological polar surface area (TPSA) is 75.9 Å². The molecule has 0 bridgehead atoms. The zero-order valence-electron chi connectivity index (χ0n) is 11.7. The summed E-state index contributed by atoms with van der Waals surface area (Å²) in [5.41, 5.74) is 3.34. The van der Waals surface area contributed by atoms with Gasteiger partial charge in [-0.1, -0.05) is 23.9 Å². The van der Waals surface area contributed by atoms with E-state index in [4.69, 9.17) is 5.11 Å². The summed E-state index contributed by atoms with van der Waals surface area (Å²) in [7, 11) is 0. The number of aryl methyl sites for hydroxylation is 2. The number of rotatable bonds is 7. The first-order chi connectivity index (χ1) is 9.72. The van der Waals surface area contributed by atoms with Gasteiger partial charge in [-0.15, -0.1) is 5.10 Å². The monoisotopic (exact) mass is 293 g/mol. The summed E-state index contributed by atoms with van der Waals surface area (Å²) < 4.78 is 1.78. The van der Waals surface area contributed by atoms with Crippen molar-refractivity contribution in [1.29, 1.82) is 0 Å². The first kappa shape index (κ1) is 15.0. The van der Waals surface area contributed by atoms with Crippen molar-refractivity contribution in [1.82, 2.24) is 25.5 Å². The van der Waals surface area contributed by atoms with Gasteiger partial charge in [-0.3, -0.25) is 0 Å². The van der Waals surface area contributed by atoms with Crippen LogP contribution in [0.1, 0.15) is 11.1 Å². The molecule has 2 rings (SSSR count). The third kappa shape index (κ3) is 3.78. The fourth-order valence-electron chi connectivity index (χ4n) is 1.79. The smallest absolute Gasteiger partial charge is 0.214 e. The molecule has 20 heavy (non-hydrogen) atoms. The minimum Gasteiger partial charge on any atom is -0.395 e. The van der Waals surface area contributed by atoms with Crippen molar-refractivity contribution in [2.75, 3.05) is 25.4 Å². The zero-order valence-corrected chi connectivity index (χ0v) is 12.5. The number of aliphatic hydroxyl groups is 1. The molecule has 7 heteroatoms. The minimum atomic E-state index is 0.158. The number of hydrogen-bond donors (Lipinski definition) is 2. The fraction of sp³-hybridized carbons (Fsp3) is 0.462. The average Bonchev–Trinajstić information content (AvgIpc) is 2.89. The van der Waals surface area contributed by atoms with E-state index in [9.17, 15) is 0 Å². The Morgan fingerprint density at radius 3 is 2.95 bits per heavy atom. The highest BCUT2D eigenvalue weighted by Crippen LogP contribution is 2.21. The Kier molecular flexibility index (Phi) is 5.51. The summed E-state index contributed by atoms with van der Waals surface area (Å²) in [4.78, 5) is 0. The van der Waals surface area contributed by atoms with E-state index in [1.807, 2.05) is 6.92 Å². The minimum absolute atomic E-state index is 0.158. The molecule has 0 radical (unpaired) electrons. The lowest BCUT2D eigenvalue weighted by molar-refractivity contribution is 0.294. The van der Waals surface area contributed by atoms with Gasteiger partial charge in [0.15, 0.2) is 0 Å². The highest BCUT2D eigenvalue weighted by Gasteiger charge is 2.10. The molecule has 1 aromatic heterocycles. The number of benzene rings is 1. The largest absolute Gasteiger partial charge is 0.395 e. The van der Waals surface area contributed by atoms with Crippen molar-refractivity contribution in [3.8, 4) is 5.69 Å². The van der Waals surface area contributed by atoms with Crippen LogP contribution in [0, 0.1) is 13.8 Å². The van der Waals surface area contributed by atoms with E-state index in [0.717, 1.165) is 28.7 Å². The van der Waals surface area contributed by atoms with Crippen LogP contribution < -0.4 is 5.32 Å². The van der Waals surface area contributed by atoms with Gasteiger partial charge in [0.25, 0.3) is 0 Å². The van der Waals surface area contributed by atoms with Gasteiger partial charge in [0.05, 0.1) is 12.3 Å². The summed E-state index contributed by atoms with van der Waals surface area (Å²) in [5.74, 6) is 0.852. The number of aliphatic hydroxyl groups excluding tert-OH is 1. The predicted molar refractivity (Wildman–Crippen MR) is 79.3 cm³/mol. The van der Waals surface area contributed by atoms with Crippen LogP contribution in [0.5, 0.6) is 0 Å². The molecule has 0 amide bonds. The van der Waals surface area contributed by atoms with Gasteiger partial charge in [-0.25, -0.2) is 0 Å². The van der Waals surface area contributed by atoms with E-state index in [1.165, 1.54) is 5.56 Å². The molecular formula is C13H19N5OS. The number of thioether (sulfide) groups is 1. The van der Waals surface area contributed by atoms with E-state index in [2.05, 4.69) is 46.0 Å². The normalized spacial score (nSPS) is 10.9. The van der Waals surface area contributed by atoms with Crippen LogP contribution in [0.4, 0.5) is 0 Å². The molecule has 1 heterocycles. The number of nitrogens with zero attached hydrogens (tertiary/aromatic N) is 4. The molecule has 0 atom stereocenters. The molecule has 0 spiro atoms. The van der Waals surface area contributed by atoms with Gasteiger partial charge in [0.2, 0.25) is 5.16 Å². The summed E-state index contributed by atoms with van der Waals surface area (Å²) in [5, 5.41) is 24.5. The van der Waals surface area contributed by atoms with Gasteiger partial charge >= 0.3 is 0 Å². The van der Waals surface area contributed by atoms with Crippen molar-refractivity contribution in [3.63, 3.8) is 0 Å². The van der Waals surface area contributed by atoms with Crippen molar-refractivity contribution >= 4 is 11.8 Å². The highest BCUT2D eigenvalue weighted by atomic mass is 32.2. The summed E-state index contributed by atoms with van der Waals surface area (Å²) in [6.45, 7) is 5.69. The van der Waals surface area contributed by atoms with E-state index in [0.29, 0.717) is 6.54 Å². The molecule has 0 fully saturated rings. The van der Waals surface area contributed by atoms with Gasteiger partial charge in [0.1, 0.15) is 0 Å². The Labute approximate surface area is 122 Å². The highest BCUT2D eigenvalue weighted by molar-refractivity contribution is 7.99. The first-order valence-corrected chi connectivity index (χ1v) is 7.51. The maximum atomic E-state index is 8.69. The van der Waals surface area contributed by atoms with Crippen LogP contribution in [0.2, 0.25) is 0 Å². The van der Waals surface area contributed by atoms with E-state index >= 15 is 0 Å². The predicted octanol–water partition coefficient (Wildman–Crippen LogP) is 0.953. The SMILES string of the molecule is Cc1ccc(C)c(-n2nnnc2SCCNCCO)c1. The van der Waals surface area contributed by atoms with Crippen molar-refractivity contribution in [3.05, 3.63) is 29.3 Å². The van der Waals surface area contributed by atoms with Crippen LogP contribution in [-0.2, 0) is 0 Å². The second kappa shape index (κ2) is 7.37. The zero-order chi connectivity index (χ0) is 14.4. The average molecular weight is 293 g/mol. The van der Waals surface area contributed by atoms with Gasteiger partial charge < -0.3 is 10.4 Å². The maximum absolute atomic E-state index is 8.69. The molecule has 0 aliphatic carbocycles. The van der Waals surface area contributed by atoms with Crippen LogP contribution in [0.25, 0.3) is 5.69 Å². The van der Waals surface area contributed by atoms with Gasteiger partial charge in [-0.2, -0.15) is 4.68 Å². The Morgan fingerprint density at radius 1 is 1.30 bits per heavy atom. The standard InChI is InChI=1S/C13H19N5OS/c1-10-3-4-11(2)12(9-10)18-13(15-16-17-18)20-8-6-14-5-7-19/h3-4,9,14,19H,5-8H2,1-2H3. The van der Waals surface area contributed by atoms with E-state index in [-0.39, 0.29) is 6.61 Å². The quantitative estimate of drug-likeness (QED) is 0.585. The molecule has 0 aliphatic heterocycles. The maximum Gasteiger partial charge on any atom is 0.214 e. The molecule has 2 N–H and O–H groups in total. The van der Waals surface area contributed by atoms with Gasteiger partial charge in [0, 0.05) is 18.8 Å². The lowest BCUT2D eigenvalue weighted by Gasteiger charge is -2.08. The second-order valence-corrected chi connectivity index (χ2v) is 5.55. The summed E-state index contributed by atoms with van der Waals surface area (Å²) >= 11 is 1.60. The Balaban J connectivity index is 2.06. The molecule has 2 aromatic rings. The number of aromatic nitrogens is 4. The van der Waals surface area contributed by atoms with E-state index < -0.39 is 0 Å². The molecule has 0 aliphatic rings. The summed E-state index contributed by atoms with van der Waals surface area (Å²) in [6, 6.07) is 6.23. The molecule has 108 valence electrons. The lowest BCUT2D eigenvalue weighted by atomic mass is 10.1. The van der Waals surface area contributed by atoms with Gasteiger partial charge in [-0.05, 0) is 41.5 Å². The Morgan fingerprint density at radius 2 is 2.15 bits per heavy atom. The van der Waals surface area contributed by atoms with Crippen molar-refractivity contribution in [2.45, 2.75) is 19.0 Å². The Hall–Kier alpha value is -1.44. The second-order valence-electron chi connectivity index (χ2n) is 4.49. The number of hydrogen-bond acceptors (Lipinski definition) is 6.